The molecule has 0 bridgehead atoms. The van der Waals surface area contributed by atoms with E-state index in [-0.39, 0.29) is 11.1 Å². The summed E-state index contributed by atoms with van der Waals surface area (Å²) in [4.78, 5) is 39.8. The van der Waals surface area contributed by atoms with E-state index in [0.29, 0.717) is 38.9 Å². The maximum absolute atomic E-state index is 13.3. The number of aryl methyl sites for hydroxylation is 2. The van der Waals surface area contributed by atoms with E-state index in [0.717, 1.165) is 22.5 Å². The van der Waals surface area contributed by atoms with Gasteiger partial charge in [-0.05, 0) is 35.9 Å². The number of fused-ring (bicyclic) bond motifs is 2. The molecule has 4 heterocycles. The van der Waals surface area contributed by atoms with E-state index in [1.807, 2.05) is 35.7 Å². The predicted octanol–water partition coefficient (Wildman–Crippen LogP) is 4.85. The average molecular weight is 481 g/mol. The summed E-state index contributed by atoms with van der Waals surface area (Å²) >= 11 is 4.38. The minimum Gasteiger partial charge on any atom is -0.309 e. The lowest BCUT2D eigenvalue weighted by Gasteiger charge is -2.12. The van der Waals surface area contributed by atoms with Crippen molar-refractivity contribution in [2.24, 2.45) is 0 Å². The van der Waals surface area contributed by atoms with Gasteiger partial charge < -0.3 is 4.98 Å². The van der Waals surface area contributed by atoms with Crippen molar-refractivity contribution < 1.29 is 0 Å². The van der Waals surface area contributed by atoms with E-state index in [4.69, 9.17) is 4.98 Å². The number of thiophene rings is 2. The third-order valence-electron chi connectivity index (χ3n) is 5.18. The molecule has 0 aliphatic heterocycles. The number of aromatic amines is 1. The van der Waals surface area contributed by atoms with Crippen molar-refractivity contribution in [3.8, 4) is 0 Å². The number of rotatable bonds is 7. The van der Waals surface area contributed by atoms with Crippen LogP contribution in [0.3, 0.4) is 0 Å². The van der Waals surface area contributed by atoms with Gasteiger partial charge in [-0.1, -0.05) is 49.0 Å². The maximum Gasteiger partial charge on any atom is 0.268 e. The summed E-state index contributed by atoms with van der Waals surface area (Å²) < 4.78 is 2.39. The zero-order chi connectivity index (χ0) is 22.1. The number of H-pyrrole nitrogens is 1. The molecule has 5 rings (SSSR count). The minimum absolute atomic E-state index is 0.0147. The van der Waals surface area contributed by atoms with Gasteiger partial charge in [-0.3, -0.25) is 14.2 Å². The zero-order valence-corrected chi connectivity index (χ0v) is 19.8. The van der Waals surface area contributed by atoms with Crippen LogP contribution in [0.2, 0.25) is 0 Å². The summed E-state index contributed by atoms with van der Waals surface area (Å²) in [5.74, 6) is 1.01. The van der Waals surface area contributed by atoms with Crippen molar-refractivity contribution in [2.45, 2.75) is 37.2 Å². The quantitative estimate of drug-likeness (QED) is 0.266. The van der Waals surface area contributed by atoms with Crippen LogP contribution >= 0.6 is 34.4 Å². The lowest BCUT2D eigenvalue weighted by molar-refractivity contribution is 0.596. The number of nitrogens with one attached hydrogen (secondary N) is 1. The van der Waals surface area contributed by atoms with E-state index in [9.17, 15) is 9.59 Å². The first-order chi connectivity index (χ1) is 15.6. The lowest BCUT2D eigenvalue weighted by Crippen LogP contribution is -2.24. The van der Waals surface area contributed by atoms with Gasteiger partial charge in [0.1, 0.15) is 15.4 Å². The van der Waals surface area contributed by atoms with E-state index < -0.39 is 0 Å². The molecule has 5 aromatic rings. The van der Waals surface area contributed by atoms with Gasteiger partial charge in [-0.2, -0.15) is 0 Å². The van der Waals surface area contributed by atoms with Crippen LogP contribution in [0.1, 0.15) is 23.2 Å². The molecular weight excluding hydrogens is 460 g/mol. The van der Waals surface area contributed by atoms with Crippen LogP contribution in [0, 0.1) is 0 Å². The molecule has 0 aliphatic rings. The number of nitrogens with zero attached hydrogens (tertiary/aromatic N) is 3. The highest BCUT2D eigenvalue weighted by Crippen LogP contribution is 2.27. The topological polar surface area (TPSA) is 80.6 Å². The summed E-state index contributed by atoms with van der Waals surface area (Å²) in [5.41, 5.74) is 1.73. The SMILES string of the molecule is CCc1cc2c(=O)n(CCc3ccccc3)c(SCc3nc4ccsc4c(=O)[nH]3)nc2s1. The number of aromatic nitrogens is 4. The molecule has 1 aromatic carbocycles. The number of benzene rings is 1. The Morgan fingerprint density at radius 2 is 1.97 bits per heavy atom. The van der Waals surface area contributed by atoms with Crippen LogP contribution in [-0.4, -0.2) is 19.5 Å². The first-order valence-corrected chi connectivity index (χ1v) is 13.0. The second kappa shape index (κ2) is 9.01. The normalized spacial score (nSPS) is 11.5. The number of hydrogen-bond acceptors (Lipinski definition) is 7. The molecule has 0 fully saturated rings. The molecule has 0 amide bonds. The molecule has 0 spiro atoms. The van der Waals surface area contributed by atoms with Crippen LogP contribution < -0.4 is 11.1 Å². The standard InChI is InChI=1S/C23H20N4O2S3/c1-2-15-12-16-21(32-15)26-23(27(22(16)29)10-8-14-6-4-3-5-7-14)31-13-18-24-17-9-11-30-19(17)20(28)25-18/h3-7,9,11-12H,2,8,10,13H2,1H3,(H,24,25,28). The van der Waals surface area contributed by atoms with Crippen LogP contribution in [0.25, 0.3) is 20.4 Å². The van der Waals surface area contributed by atoms with Gasteiger partial charge in [-0.25, -0.2) is 9.97 Å². The summed E-state index contributed by atoms with van der Waals surface area (Å²) in [5, 5.41) is 3.19. The van der Waals surface area contributed by atoms with Gasteiger partial charge in [-0.15, -0.1) is 22.7 Å². The maximum atomic E-state index is 13.3. The summed E-state index contributed by atoms with van der Waals surface area (Å²) in [6.45, 7) is 2.62. The fourth-order valence-corrected chi connectivity index (χ4v) is 6.17. The van der Waals surface area contributed by atoms with E-state index in [1.165, 1.54) is 28.7 Å². The molecule has 0 saturated carbocycles. The molecule has 32 heavy (non-hydrogen) atoms. The molecule has 0 aliphatic carbocycles. The fraction of sp³-hybridized carbons (Fsp3) is 0.217. The predicted molar refractivity (Wildman–Crippen MR) is 133 cm³/mol. The van der Waals surface area contributed by atoms with Crippen molar-refractivity contribution in [1.82, 2.24) is 19.5 Å². The Morgan fingerprint density at radius 1 is 1.12 bits per heavy atom. The Kier molecular flexibility index (Phi) is 5.95. The van der Waals surface area contributed by atoms with Gasteiger partial charge in [0.2, 0.25) is 0 Å². The summed E-state index contributed by atoms with van der Waals surface area (Å²) in [6, 6.07) is 13.9. The fourth-order valence-electron chi connectivity index (χ4n) is 3.54. The Balaban J connectivity index is 1.50. The van der Waals surface area contributed by atoms with Gasteiger partial charge in [0, 0.05) is 11.4 Å². The third-order valence-corrected chi connectivity index (χ3v) is 8.25. The van der Waals surface area contributed by atoms with E-state index in [2.05, 4.69) is 29.0 Å². The second-order valence-corrected chi connectivity index (χ2v) is 10.3. The zero-order valence-electron chi connectivity index (χ0n) is 17.3. The highest BCUT2D eigenvalue weighted by molar-refractivity contribution is 7.98. The molecule has 4 aromatic heterocycles. The van der Waals surface area contributed by atoms with Crippen LogP contribution in [0.15, 0.2) is 62.6 Å². The monoisotopic (exact) mass is 480 g/mol. The van der Waals surface area contributed by atoms with Crippen molar-refractivity contribution in [3.63, 3.8) is 0 Å². The summed E-state index contributed by atoms with van der Waals surface area (Å²) in [6.07, 6.45) is 1.61. The second-order valence-electron chi connectivity index (χ2n) is 7.31. The highest BCUT2D eigenvalue weighted by atomic mass is 32.2. The van der Waals surface area contributed by atoms with Crippen molar-refractivity contribution in [2.75, 3.05) is 0 Å². The molecule has 0 saturated heterocycles. The van der Waals surface area contributed by atoms with Crippen molar-refractivity contribution in [3.05, 3.63) is 84.8 Å². The molecule has 0 radical (unpaired) electrons. The number of hydrogen-bond donors (Lipinski definition) is 1. The van der Waals surface area contributed by atoms with Gasteiger partial charge in [0.05, 0.1) is 16.7 Å². The van der Waals surface area contributed by atoms with Crippen molar-refractivity contribution in [1.29, 1.82) is 0 Å². The molecule has 0 atom stereocenters. The first kappa shape index (κ1) is 21.1. The Labute approximate surface area is 196 Å². The largest absolute Gasteiger partial charge is 0.309 e. The number of thioether (sulfide) groups is 1. The van der Waals surface area contributed by atoms with Crippen LogP contribution in [0.4, 0.5) is 0 Å². The molecule has 9 heteroatoms. The average Bonchev–Trinajstić information content (AvgIpc) is 3.45. The Hall–Kier alpha value is -2.75. The van der Waals surface area contributed by atoms with Gasteiger partial charge in [0.15, 0.2) is 5.16 Å². The Morgan fingerprint density at radius 3 is 2.78 bits per heavy atom. The Bertz CT molecular complexity index is 1520. The molecule has 0 unspecified atom stereocenters. The van der Waals surface area contributed by atoms with Gasteiger partial charge in [0.25, 0.3) is 11.1 Å². The molecular formula is C23H20N4O2S3. The lowest BCUT2D eigenvalue weighted by atomic mass is 10.1. The summed E-state index contributed by atoms with van der Waals surface area (Å²) in [7, 11) is 0. The third kappa shape index (κ3) is 4.15. The van der Waals surface area contributed by atoms with E-state index >= 15 is 0 Å². The minimum atomic E-state index is -0.128. The molecule has 162 valence electrons. The smallest absolute Gasteiger partial charge is 0.268 e. The molecule has 6 nitrogen and oxygen atoms in total. The highest BCUT2D eigenvalue weighted by Gasteiger charge is 2.15. The van der Waals surface area contributed by atoms with Crippen LogP contribution in [-0.2, 0) is 25.1 Å². The van der Waals surface area contributed by atoms with E-state index in [1.54, 1.807) is 15.9 Å². The van der Waals surface area contributed by atoms with Crippen molar-refractivity contribution >= 4 is 54.9 Å². The first-order valence-electron chi connectivity index (χ1n) is 10.3. The van der Waals surface area contributed by atoms with Gasteiger partial charge >= 0.3 is 0 Å². The molecule has 1 N–H and O–H groups in total. The van der Waals surface area contributed by atoms with Crippen LogP contribution in [0.5, 0.6) is 0 Å².